The lowest BCUT2D eigenvalue weighted by Crippen LogP contribution is -2.51. The molecule has 2 aromatic carbocycles. The van der Waals surface area contributed by atoms with E-state index in [0.29, 0.717) is 6.54 Å². The fourth-order valence-corrected chi connectivity index (χ4v) is 3.94. The minimum Gasteiger partial charge on any atom is -0.346 e. The Kier molecular flexibility index (Phi) is 6.87. The molecule has 29 heavy (non-hydrogen) atoms. The number of carbonyl (C=O) groups is 1. The van der Waals surface area contributed by atoms with Crippen LogP contribution in [0.15, 0.2) is 36.4 Å². The molecule has 3 rings (SSSR count). The second kappa shape index (κ2) is 9.37. The summed E-state index contributed by atoms with van der Waals surface area (Å²) in [6.07, 6.45) is 0. The van der Waals surface area contributed by atoms with Gasteiger partial charge in [0.15, 0.2) is 5.11 Å². The fourth-order valence-electron chi connectivity index (χ4n) is 3.64. The zero-order chi connectivity index (χ0) is 21.0. The first kappa shape index (κ1) is 21.3. The Morgan fingerprint density at radius 2 is 1.62 bits per heavy atom. The normalized spacial score (nSPS) is 14.6. The van der Waals surface area contributed by atoms with Gasteiger partial charge in [0.25, 0.3) is 0 Å². The first-order valence-corrected chi connectivity index (χ1v) is 10.5. The van der Waals surface area contributed by atoms with Gasteiger partial charge in [0.05, 0.1) is 6.54 Å². The zero-order valence-corrected chi connectivity index (χ0v) is 18.5. The summed E-state index contributed by atoms with van der Waals surface area (Å²) in [4.78, 5) is 16.8. The van der Waals surface area contributed by atoms with Crippen LogP contribution in [0.2, 0.25) is 0 Å². The van der Waals surface area contributed by atoms with Crippen molar-refractivity contribution in [2.75, 3.05) is 43.4 Å². The molecule has 1 amide bonds. The van der Waals surface area contributed by atoms with Crippen LogP contribution in [0.4, 0.5) is 11.4 Å². The largest absolute Gasteiger partial charge is 0.346 e. The highest BCUT2D eigenvalue weighted by molar-refractivity contribution is 7.80. The van der Waals surface area contributed by atoms with Gasteiger partial charge in [-0.1, -0.05) is 18.2 Å². The van der Waals surface area contributed by atoms with E-state index in [1.165, 1.54) is 16.7 Å². The van der Waals surface area contributed by atoms with Crippen LogP contribution in [0.3, 0.4) is 0 Å². The minimum absolute atomic E-state index is 0.0306. The standard InChI is InChI=1S/C23H30N4OS/c1-16-12-17(2)14-20(13-16)24-23(29)27-10-8-26(9-11-27)15-22(28)25-21-7-5-6-18(3)19(21)4/h5-7,12-14H,8-11,15H2,1-4H3,(H,24,29)(H,25,28). The monoisotopic (exact) mass is 410 g/mol. The van der Waals surface area contributed by atoms with Crippen LogP contribution in [-0.2, 0) is 4.79 Å². The molecule has 0 radical (unpaired) electrons. The van der Waals surface area contributed by atoms with Gasteiger partial charge in [0, 0.05) is 37.6 Å². The number of benzene rings is 2. The van der Waals surface area contributed by atoms with E-state index in [-0.39, 0.29) is 5.91 Å². The number of aryl methyl sites for hydroxylation is 3. The van der Waals surface area contributed by atoms with Gasteiger partial charge in [-0.15, -0.1) is 0 Å². The van der Waals surface area contributed by atoms with Crippen LogP contribution in [0.25, 0.3) is 0 Å². The fraction of sp³-hybridized carbons (Fsp3) is 0.391. The number of anilines is 2. The molecule has 1 aliphatic heterocycles. The number of amides is 1. The van der Waals surface area contributed by atoms with E-state index in [2.05, 4.69) is 65.5 Å². The van der Waals surface area contributed by atoms with Gasteiger partial charge < -0.3 is 15.5 Å². The van der Waals surface area contributed by atoms with E-state index >= 15 is 0 Å². The molecule has 2 aromatic rings. The van der Waals surface area contributed by atoms with E-state index in [1.54, 1.807) is 0 Å². The third-order valence-corrected chi connectivity index (χ3v) is 5.74. The molecular weight excluding hydrogens is 380 g/mol. The third-order valence-electron chi connectivity index (χ3n) is 5.38. The van der Waals surface area contributed by atoms with E-state index in [1.807, 2.05) is 19.1 Å². The number of thiocarbonyl (C=S) groups is 1. The number of rotatable bonds is 4. The number of nitrogens with one attached hydrogen (secondary N) is 2. The summed E-state index contributed by atoms with van der Waals surface area (Å²) in [5.74, 6) is 0.0306. The molecule has 0 spiro atoms. The zero-order valence-electron chi connectivity index (χ0n) is 17.7. The Balaban J connectivity index is 1.48. The summed E-state index contributed by atoms with van der Waals surface area (Å²) >= 11 is 5.60. The summed E-state index contributed by atoms with van der Waals surface area (Å²) in [5, 5.41) is 7.14. The van der Waals surface area contributed by atoms with Crippen molar-refractivity contribution in [3.63, 3.8) is 0 Å². The van der Waals surface area contributed by atoms with E-state index in [0.717, 1.165) is 48.2 Å². The summed E-state index contributed by atoms with van der Waals surface area (Å²) in [6, 6.07) is 12.3. The molecule has 6 heteroatoms. The van der Waals surface area contributed by atoms with E-state index in [4.69, 9.17) is 12.2 Å². The maximum absolute atomic E-state index is 12.5. The van der Waals surface area contributed by atoms with Gasteiger partial charge in [-0.05, 0) is 80.4 Å². The van der Waals surface area contributed by atoms with Crippen LogP contribution in [0.5, 0.6) is 0 Å². The molecule has 0 aromatic heterocycles. The SMILES string of the molecule is Cc1cc(C)cc(NC(=S)N2CCN(CC(=O)Nc3cccc(C)c3C)CC2)c1. The predicted molar refractivity (Wildman–Crippen MR) is 125 cm³/mol. The van der Waals surface area contributed by atoms with Gasteiger partial charge in [-0.25, -0.2) is 0 Å². The number of piperazine rings is 1. The van der Waals surface area contributed by atoms with Gasteiger partial charge in [0.2, 0.25) is 5.91 Å². The van der Waals surface area contributed by atoms with Crippen LogP contribution in [0, 0.1) is 27.7 Å². The van der Waals surface area contributed by atoms with Crippen molar-refractivity contribution in [3.8, 4) is 0 Å². The molecule has 1 fully saturated rings. The van der Waals surface area contributed by atoms with Crippen molar-refractivity contribution in [1.29, 1.82) is 0 Å². The van der Waals surface area contributed by atoms with Crippen molar-refractivity contribution < 1.29 is 4.79 Å². The highest BCUT2D eigenvalue weighted by atomic mass is 32.1. The molecule has 5 nitrogen and oxygen atoms in total. The number of hydrogen-bond donors (Lipinski definition) is 2. The number of hydrogen-bond acceptors (Lipinski definition) is 3. The van der Waals surface area contributed by atoms with Crippen LogP contribution >= 0.6 is 12.2 Å². The van der Waals surface area contributed by atoms with Gasteiger partial charge in [-0.3, -0.25) is 9.69 Å². The molecule has 0 unspecified atom stereocenters. The number of carbonyl (C=O) groups excluding carboxylic acids is 1. The Labute approximate surface area is 179 Å². The van der Waals surface area contributed by atoms with Gasteiger partial charge in [-0.2, -0.15) is 0 Å². The predicted octanol–water partition coefficient (Wildman–Crippen LogP) is 3.87. The van der Waals surface area contributed by atoms with Crippen LogP contribution in [0.1, 0.15) is 22.3 Å². The van der Waals surface area contributed by atoms with E-state index in [9.17, 15) is 4.79 Å². The van der Waals surface area contributed by atoms with Crippen molar-refractivity contribution >= 4 is 34.6 Å². The Hall–Kier alpha value is -2.44. The lowest BCUT2D eigenvalue weighted by molar-refractivity contribution is -0.117. The second-order valence-corrected chi connectivity index (χ2v) is 8.25. The average molecular weight is 411 g/mol. The summed E-state index contributed by atoms with van der Waals surface area (Å²) in [5.41, 5.74) is 6.66. The average Bonchev–Trinajstić information content (AvgIpc) is 2.65. The maximum Gasteiger partial charge on any atom is 0.238 e. The molecule has 2 N–H and O–H groups in total. The summed E-state index contributed by atoms with van der Waals surface area (Å²) < 4.78 is 0. The lowest BCUT2D eigenvalue weighted by atomic mass is 10.1. The highest BCUT2D eigenvalue weighted by Gasteiger charge is 2.21. The maximum atomic E-state index is 12.5. The van der Waals surface area contributed by atoms with Crippen molar-refractivity contribution in [2.24, 2.45) is 0 Å². The minimum atomic E-state index is 0.0306. The van der Waals surface area contributed by atoms with Crippen LogP contribution in [-0.4, -0.2) is 53.5 Å². The molecular formula is C23H30N4OS. The molecule has 1 heterocycles. The Morgan fingerprint density at radius 3 is 2.28 bits per heavy atom. The molecule has 0 bridgehead atoms. The van der Waals surface area contributed by atoms with Crippen molar-refractivity contribution in [2.45, 2.75) is 27.7 Å². The van der Waals surface area contributed by atoms with E-state index < -0.39 is 0 Å². The highest BCUT2D eigenvalue weighted by Crippen LogP contribution is 2.18. The van der Waals surface area contributed by atoms with Crippen molar-refractivity contribution in [1.82, 2.24) is 9.80 Å². The van der Waals surface area contributed by atoms with Gasteiger partial charge in [0.1, 0.15) is 0 Å². The molecule has 154 valence electrons. The molecule has 0 atom stereocenters. The Bertz CT molecular complexity index is 883. The van der Waals surface area contributed by atoms with Gasteiger partial charge >= 0.3 is 0 Å². The first-order chi connectivity index (χ1) is 13.8. The topological polar surface area (TPSA) is 47.6 Å². The van der Waals surface area contributed by atoms with Crippen molar-refractivity contribution in [3.05, 3.63) is 58.7 Å². The second-order valence-electron chi connectivity index (χ2n) is 7.87. The summed E-state index contributed by atoms with van der Waals surface area (Å²) in [6.45, 7) is 11.9. The first-order valence-electron chi connectivity index (χ1n) is 10.0. The molecule has 0 aliphatic carbocycles. The molecule has 1 saturated heterocycles. The lowest BCUT2D eigenvalue weighted by Gasteiger charge is -2.35. The number of nitrogens with zero attached hydrogens (tertiary/aromatic N) is 2. The molecule has 1 aliphatic rings. The summed E-state index contributed by atoms with van der Waals surface area (Å²) in [7, 11) is 0. The van der Waals surface area contributed by atoms with Crippen LogP contribution < -0.4 is 10.6 Å². The molecule has 0 saturated carbocycles. The third kappa shape index (κ3) is 5.78. The quantitative estimate of drug-likeness (QED) is 0.750. The smallest absolute Gasteiger partial charge is 0.238 e. The Morgan fingerprint density at radius 1 is 0.966 bits per heavy atom.